The van der Waals surface area contributed by atoms with Crippen molar-refractivity contribution in [2.24, 2.45) is 0 Å². The van der Waals surface area contributed by atoms with Crippen LogP contribution in [-0.2, 0) is 4.79 Å². The van der Waals surface area contributed by atoms with E-state index >= 15 is 0 Å². The Balaban J connectivity index is 1.95. The quantitative estimate of drug-likeness (QED) is 0.721. The zero-order chi connectivity index (χ0) is 15.9. The summed E-state index contributed by atoms with van der Waals surface area (Å²) in [7, 11) is 0. The Morgan fingerprint density at radius 3 is 2.77 bits per heavy atom. The third-order valence-corrected chi connectivity index (χ3v) is 4.01. The Morgan fingerprint density at radius 1 is 1.41 bits per heavy atom. The first-order valence-corrected chi connectivity index (χ1v) is 7.69. The molecule has 1 heterocycles. The van der Waals surface area contributed by atoms with Crippen LogP contribution in [0.4, 0.5) is 0 Å². The fourth-order valence-corrected chi connectivity index (χ4v) is 2.74. The lowest BCUT2D eigenvalue weighted by Crippen LogP contribution is -2.45. The van der Waals surface area contributed by atoms with Crippen LogP contribution in [0.5, 0.6) is 0 Å². The number of rotatable bonds is 6. The van der Waals surface area contributed by atoms with Gasteiger partial charge in [0, 0.05) is 19.5 Å². The summed E-state index contributed by atoms with van der Waals surface area (Å²) in [6.45, 7) is 2.81. The standard InChI is InChI=1S/C17H24N2O3/c1-2-16(21)18-14-11-19(15(12-20)17(14)22)10-6-9-13-7-4-3-5-8-13/h3-9,14-15,17,20,22H,2,10-12H2,1H3,(H,18,21)/b9-6+. The van der Waals surface area contributed by atoms with E-state index in [1.807, 2.05) is 47.4 Å². The molecule has 1 amide bonds. The summed E-state index contributed by atoms with van der Waals surface area (Å²) in [5.41, 5.74) is 1.11. The van der Waals surface area contributed by atoms with E-state index in [4.69, 9.17) is 0 Å². The first-order valence-electron chi connectivity index (χ1n) is 7.69. The molecule has 1 aliphatic rings. The fraction of sp³-hybridized carbons (Fsp3) is 0.471. The van der Waals surface area contributed by atoms with Crippen LogP contribution < -0.4 is 5.32 Å². The Bertz CT molecular complexity index is 504. The van der Waals surface area contributed by atoms with E-state index in [0.29, 0.717) is 19.5 Å². The monoisotopic (exact) mass is 304 g/mol. The summed E-state index contributed by atoms with van der Waals surface area (Å²) < 4.78 is 0. The Hall–Kier alpha value is -1.69. The van der Waals surface area contributed by atoms with Gasteiger partial charge < -0.3 is 15.5 Å². The molecule has 0 bridgehead atoms. The van der Waals surface area contributed by atoms with Gasteiger partial charge in [-0.3, -0.25) is 9.69 Å². The van der Waals surface area contributed by atoms with Gasteiger partial charge in [-0.1, -0.05) is 49.4 Å². The van der Waals surface area contributed by atoms with Crippen LogP contribution in [0.3, 0.4) is 0 Å². The van der Waals surface area contributed by atoms with E-state index in [0.717, 1.165) is 5.56 Å². The summed E-state index contributed by atoms with van der Waals surface area (Å²) in [6.07, 6.45) is 3.67. The van der Waals surface area contributed by atoms with Gasteiger partial charge in [0.15, 0.2) is 0 Å². The van der Waals surface area contributed by atoms with E-state index < -0.39 is 6.10 Å². The largest absolute Gasteiger partial charge is 0.395 e. The highest BCUT2D eigenvalue weighted by molar-refractivity contribution is 5.76. The Kier molecular flexibility index (Phi) is 6.12. The number of nitrogens with one attached hydrogen (secondary N) is 1. The topological polar surface area (TPSA) is 72.8 Å². The van der Waals surface area contributed by atoms with Gasteiger partial charge in [-0.05, 0) is 5.56 Å². The van der Waals surface area contributed by atoms with Crippen LogP contribution in [0.2, 0.25) is 0 Å². The molecule has 0 aliphatic carbocycles. The maximum absolute atomic E-state index is 11.5. The molecular weight excluding hydrogens is 280 g/mol. The third kappa shape index (κ3) is 4.16. The normalized spacial score (nSPS) is 25.7. The maximum atomic E-state index is 11.5. The third-order valence-electron chi connectivity index (χ3n) is 4.01. The van der Waals surface area contributed by atoms with Crippen molar-refractivity contribution in [2.45, 2.75) is 31.5 Å². The number of hydrogen-bond donors (Lipinski definition) is 3. The van der Waals surface area contributed by atoms with Crippen LogP contribution in [0.15, 0.2) is 36.4 Å². The molecule has 120 valence electrons. The first-order chi connectivity index (χ1) is 10.7. The smallest absolute Gasteiger partial charge is 0.220 e. The minimum Gasteiger partial charge on any atom is -0.395 e. The van der Waals surface area contributed by atoms with E-state index in [1.165, 1.54) is 0 Å². The van der Waals surface area contributed by atoms with E-state index in [-0.39, 0.29) is 24.6 Å². The number of aliphatic hydroxyl groups is 2. The molecule has 5 nitrogen and oxygen atoms in total. The molecule has 1 fully saturated rings. The Labute approximate surface area is 131 Å². The predicted octanol–water partition coefficient (Wildman–Crippen LogP) is 0.632. The number of carbonyl (C=O) groups is 1. The van der Waals surface area contributed by atoms with Gasteiger partial charge in [0.2, 0.25) is 5.91 Å². The number of nitrogens with zero attached hydrogens (tertiary/aromatic N) is 1. The maximum Gasteiger partial charge on any atom is 0.220 e. The van der Waals surface area contributed by atoms with Crippen LogP contribution >= 0.6 is 0 Å². The van der Waals surface area contributed by atoms with Crippen molar-refractivity contribution >= 4 is 12.0 Å². The summed E-state index contributed by atoms with van der Waals surface area (Å²) in [5, 5.41) is 22.5. The lowest BCUT2D eigenvalue weighted by molar-refractivity contribution is -0.122. The second-order valence-electron chi connectivity index (χ2n) is 5.54. The van der Waals surface area contributed by atoms with Gasteiger partial charge in [-0.25, -0.2) is 0 Å². The second-order valence-corrected chi connectivity index (χ2v) is 5.54. The van der Waals surface area contributed by atoms with Crippen molar-refractivity contribution in [3.05, 3.63) is 42.0 Å². The highest BCUT2D eigenvalue weighted by atomic mass is 16.3. The van der Waals surface area contributed by atoms with Gasteiger partial charge >= 0.3 is 0 Å². The lowest BCUT2D eigenvalue weighted by atomic mass is 10.1. The summed E-state index contributed by atoms with van der Waals surface area (Å²) in [5.74, 6) is -0.0811. The van der Waals surface area contributed by atoms with Crippen LogP contribution in [0.1, 0.15) is 18.9 Å². The van der Waals surface area contributed by atoms with E-state index in [2.05, 4.69) is 5.32 Å². The van der Waals surface area contributed by atoms with Gasteiger partial charge in [-0.2, -0.15) is 0 Å². The van der Waals surface area contributed by atoms with Gasteiger partial charge in [-0.15, -0.1) is 0 Å². The molecule has 3 atom stereocenters. The van der Waals surface area contributed by atoms with Crippen molar-refractivity contribution < 1.29 is 15.0 Å². The molecule has 3 unspecified atom stereocenters. The summed E-state index contributed by atoms with van der Waals surface area (Å²) in [6, 6.07) is 9.29. The number of likely N-dealkylation sites (tertiary alicyclic amines) is 1. The van der Waals surface area contributed by atoms with Crippen LogP contribution in [-0.4, -0.2) is 58.9 Å². The van der Waals surface area contributed by atoms with Crippen molar-refractivity contribution in [3.8, 4) is 0 Å². The second kappa shape index (κ2) is 8.08. The SMILES string of the molecule is CCC(=O)NC1CN(C/C=C/c2ccccc2)C(CO)C1O. The zero-order valence-corrected chi connectivity index (χ0v) is 12.9. The summed E-state index contributed by atoms with van der Waals surface area (Å²) >= 11 is 0. The lowest BCUT2D eigenvalue weighted by Gasteiger charge is -2.22. The highest BCUT2D eigenvalue weighted by Gasteiger charge is 2.40. The number of benzene rings is 1. The van der Waals surface area contributed by atoms with Crippen molar-refractivity contribution in [3.63, 3.8) is 0 Å². The Morgan fingerprint density at radius 2 is 2.14 bits per heavy atom. The van der Waals surface area contributed by atoms with E-state index in [9.17, 15) is 15.0 Å². The van der Waals surface area contributed by atoms with Gasteiger partial charge in [0.25, 0.3) is 0 Å². The average molecular weight is 304 g/mol. The molecule has 5 heteroatoms. The molecule has 0 saturated carbocycles. The molecule has 3 N–H and O–H groups in total. The molecule has 1 saturated heterocycles. The number of aliphatic hydroxyl groups excluding tert-OH is 2. The number of carbonyl (C=O) groups excluding carboxylic acids is 1. The average Bonchev–Trinajstić information content (AvgIpc) is 2.83. The number of amides is 1. The van der Waals surface area contributed by atoms with Crippen molar-refractivity contribution in [1.29, 1.82) is 0 Å². The molecule has 2 rings (SSSR count). The minimum absolute atomic E-state index is 0.0811. The fourth-order valence-electron chi connectivity index (χ4n) is 2.74. The number of hydrogen-bond acceptors (Lipinski definition) is 4. The highest BCUT2D eigenvalue weighted by Crippen LogP contribution is 2.18. The van der Waals surface area contributed by atoms with Crippen molar-refractivity contribution in [1.82, 2.24) is 10.2 Å². The minimum atomic E-state index is -0.745. The molecular formula is C17H24N2O3. The van der Waals surface area contributed by atoms with Crippen molar-refractivity contribution in [2.75, 3.05) is 19.7 Å². The molecule has 0 radical (unpaired) electrons. The molecule has 22 heavy (non-hydrogen) atoms. The molecule has 1 aromatic carbocycles. The molecule has 1 aliphatic heterocycles. The van der Waals surface area contributed by atoms with E-state index in [1.54, 1.807) is 6.92 Å². The zero-order valence-electron chi connectivity index (χ0n) is 12.9. The van der Waals surface area contributed by atoms with Gasteiger partial charge in [0.1, 0.15) is 0 Å². The first kappa shape index (κ1) is 16.7. The summed E-state index contributed by atoms with van der Waals surface area (Å²) in [4.78, 5) is 13.5. The molecule has 1 aromatic rings. The van der Waals surface area contributed by atoms with Crippen LogP contribution in [0.25, 0.3) is 6.08 Å². The molecule has 0 spiro atoms. The van der Waals surface area contributed by atoms with Gasteiger partial charge in [0.05, 0.1) is 24.8 Å². The molecule has 0 aromatic heterocycles. The predicted molar refractivity (Wildman–Crippen MR) is 86.2 cm³/mol. The van der Waals surface area contributed by atoms with Crippen LogP contribution in [0, 0.1) is 0 Å².